The van der Waals surface area contributed by atoms with E-state index in [2.05, 4.69) is 0 Å². The predicted molar refractivity (Wildman–Crippen MR) is 74.2 cm³/mol. The quantitative estimate of drug-likeness (QED) is 0.683. The molecule has 7 nitrogen and oxygen atoms in total. The van der Waals surface area contributed by atoms with Gasteiger partial charge in [0.05, 0.1) is 31.5 Å². The molecular weight excluding hydrogens is 290 g/mol. The largest absolute Gasteiger partial charge is 0.279 e. The first kappa shape index (κ1) is 16.8. The molecule has 9 heteroatoms. The number of hydrogen-bond donors (Lipinski definition) is 0. The summed E-state index contributed by atoms with van der Waals surface area (Å²) in [6, 6.07) is 0. The van der Waals surface area contributed by atoms with Crippen molar-refractivity contribution in [3.63, 3.8) is 0 Å². The number of hydrogen-bond acceptors (Lipinski definition) is 5. The molecule has 19 heavy (non-hydrogen) atoms. The third kappa shape index (κ3) is 4.38. The van der Waals surface area contributed by atoms with E-state index in [9.17, 15) is 16.8 Å². The van der Waals surface area contributed by atoms with Gasteiger partial charge in [0.2, 0.25) is 20.0 Å². The Morgan fingerprint density at radius 3 is 1.47 bits per heavy atom. The summed E-state index contributed by atoms with van der Waals surface area (Å²) in [5, 5.41) is 0. The molecular formula is C10H23N3O4S2. The maximum atomic E-state index is 12.0. The second-order valence-electron chi connectivity index (χ2n) is 4.82. The summed E-state index contributed by atoms with van der Waals surface area (Å²) in [7, 11) is -5.07. The molecule has 0 saturated carbocycles. The molecule has 0 aromatic heterocycles. The molecule has 0 spiro atoms. The molecule has 0 atom stereocenters. The maximum absolute atomic E-state index is 12.0. The Hall–Kier alpha value is -0.220. The molecule has 1 rings (SSSR count). The summed E-state index contributed by atoms with van der Waals surface area (Å²) in [5.41, 5.74) is 0. The fourth-order valence-corrected chi connectivity index (χ4v) is 4.97. The number of nitrogens with zero attached hydrogens (tertiary/aromatic N) is 3. The van der Waals surface area contributed by atoms with Crippen molar-refractivity contribution < 1.29 is 16.8 Å². The van der Waals surface area contributed by atoms with Crippen molar-refractivity contribution in [2.75, 3.05) is 38.6 Å². The summed E-state index contributed by atoms with van der Waals surface area (Å²) < 4.78 is 50.6. The maximum Gasteiger partial charge on any atom is 0.216 e. The van der Waals surface area contributed by atoms with E-state index in [0.29, 0.717) is 12.8 Å². The van der Waals surface area contributed by atoms with Crippen molar-refractivity contribution >= 4 is 20.0 Å². The summed E-state index contributed by atoms with van der Waals surface area (Å²) >= 11 is 0. The Labute approximate surface area is 116 Å². The minimum atomic E-state index is -3.39. The van der Waals surface area contributed by atoms with Crippen LogP contribution in [-0.2, 0) is 20.0 Å². The summed E-state index contributed by atoms with van der Waals surface area (Å²) in [6.45, 7) is 3.98. The Morgan fingerprint density at radius 1 is 0.789 bits per heavy atom. The Balaban J connectivity index is 2.90. The Kier molecular flexibility index (Phi) is 5.75. The van der Waals surface area contributed by atoms with Crippen molar-refractivity contribution in [1.29, 1.82) is 0 Å². The van der Waals surface area contributed by atoms with Gasteiger partial charge in [-0.05, 0) is 19.9 Å². The molecule has 0 N–H and O–H groups in total. The molecule has 0 aromatic rings. The lowest BCUT2D eigenvalue weighted by atomic mass is 10.6. The lowest BCUT2D eigenvalue weighted by Crippen LogP contribution is -2.57. The van der Waals surface area contributed by atoms with Crippen LogP contribution in [0.1, 0.15) is 26.7 Å². The van der Waals surface area contributed by atoms with Gasteiger partial charge in [-0.3, -0.25) is 4.90 Å². The van der Waals surface area contributed by atoms with Crippen LogP contribution in [0.25, 0.3) is 0 Å². The zero-order valence-corrected chi connectivity index (χ0v) is 13.4. The Bertz CT molecular complexity index is 445. The van der Waals surface area contributed by atoms with E-state index >= 15 is 0 Å². The lowest BCUT2D eigenvalue weighted by Gasteiger charge is -2.39. The predicted octanol–water partition coefficient (Wildman–Crippen LogP) is -0.112. The van der Waals surface area contributed by atoms with Crippen LogP contribution in [0.3, 0.4) is 0 Å². The van der Waals surface area contributed by atoms with Gasteiger partial charge >= 0.3 is 0 Å². The Morgan fingerprint density at radius 2 is 1.16 bits per heavy atom. The first-order valence-corrected chi connectivity index (χ1v) is 9.59. The van der Waals surface area contributed by atoms with E-state index in [4.69, 9.17) is 0 Å². The van der Waals surface area contributed by atoms with Crippen molar-refractivity contribution in [3.8, 4) is 0 Å². The average molecular weight is 313 g/mol. The zero-order chi connectivity index (χ0) is 14.7. The van der Waals surface area contributed by atoms with Crippen LogP contribution >= 0.6 is 0 Å². The van der Waals surface area contributed by atoms with Crippen LogP contribution in [-0.4, -0.2) is 68.9 Å². The smallest absolute Gasteiger partial charge is 0.216 e. The highest BCUT2D eigenvalue weighted by molar-refractivity contribution is 7.89. The van der Waals surface area contributed by atoms with Crippen LogP contribution < -0.4 is 0 Å². The van der Waals surface area contributed by atoms with Crippen LogP contribution in [0.15, 0.2) is 0 Å². The molecule has 0 unspecified atom stereocenters. The minimum Gasteiger partial charge on any atom is -0.279 e. The van der Waals surface area contributed by atoms with Gasteiger partial charge < -0.3 is 0 Å². The molecule has 0 aliphatic carbocycles. The van der Waals surface area contributed by atoms with Gasteiger partial charge in [0, 0.05) is 0 Å². The monoisotopic (exact) mass is 313 g/mol. The average Bonchev–Trinajstić information content (AvgIpc) is 2.28. The van der Waals surface area contributed by atoms with Gasteiger partial charge in [0.25, 0.3) is 0 Å². The van der Waals surface area contributed by atoms with Gasteiger partial charge in [-0.15, -0.1) is 0 Å². The molecule has 0 bridgehead atoms. The molecule has 1 heterocycles. The molecule has 1 aliphatic heterocycles. The normalized spacial score (nSPS) is 20.8. The molecule has 1 aliphatic rings. The van der Waals surface area contributed by atoms with Crippen LogP contribution in [0, 0.1) is 0 Å². The molecule has 0 amide bonds. The van der Waals surface area contributed by atoms with Crippen LogP contribution in [0.5, 0.6) is 0 Å². The van der Waals surface area contributed by atoms with E-state index in [-0.39, 0.29) is 31.5 Å². The van der Waals surface area contributed by atoms with Gasteiger partial charge in [-0.1, -0.05) is 13.8 Å². The fraction of sp³-hybridized carbons (Fsp3) is 1.00. The van der Waals surface area contributed by atoms with Crippen molar-refractivity contribution in [2.24, 2.45) is 0 Å². The summed E-state index contributed by atoms with van der Waals surface area (Å²) in [5.74, 6) is 0.0883. The van der Waals surface area contributed by atoms with Gasteiger partial charge in [-0.2, -0.15) is 8.61 Å². The number of rotatable bonds is 6. The summed E-state index contributed by atoms with van der Waals surface area (Å²) in [6.07, 6.45) is 1.04. The van der Waals surface area contributed by atoms with Gasteiger partial charge in [0.15, 0.2) is 0 Å². The highest BCUT2D eigenvalue weighted by Crippen LogP contribution is 2.15. The van der Waals surface area contributed by atoms with Crippen LogP contribution in [0.4, 0.5) is 0 Å². The number of sulfonamides is 2. The van der Waals surface area contributed by atoms with Crippen LogP contribution in [0.2, 0.25) is 0 Å². The highest BCUT2D eigenvalue weighted by atomic mass is 32.2. The molecule has 0 aromatic carbocycles. The third-order valence-electron chi connectivity index (χ3n) is 2.82. The van der Waals surface area contributed by atoms with Crippen molar-refractivity contribution in [1.82, 2.24) is 13.5 Å². The van der Waals surface area contributed by atoms with Crippen molar-refractivity contribution in [2.45, 2.75) is 26.7 Å². The third-order valence-corrected chi connectivity index (χ3v) is 6.71. The second-order valence-corrected chi connectivity index (χ2v) is 8.99. The van der Waals surface area contributed by atoms with Crippen molar-refractivity contribution in [3.05, 3.63) is 0 Å². The van der Waals surface area contributed by atoms with E-state index in [1.807, 2.05) is 0 Å². The SMILES string of the molecule is CCCS(=O)(=O)N1CN(C)CN(S(=O)(=O)CCC)C1. The zero-order valence-electron chi connectivity index (χ0n) is 11.7. The first-order chi connectivity index (χ1) is 8.73. The highest BCUT2D eigenvalue weighted by Gasteiger charge is 2.34. The molecule has 114 valence electrons. The topological polar surface area (TPSA) is 78.0 Å². The van der Waals surface area contributed by atoms with E-state index in [1.54, 1.807) is 25.8 Å². The van der Waals surface area contributed by atoms with E-state index in [0.717, 1.165) is 0 Å². The van der Waals surface area contributed by atoms with E-state index < -0.39 is 20.0 Å². The first-order valence-electron chi connectivity index (χ1n) is 6.37. The summed E-state index contributed by atoms with van der Waals surface area (Å²) in [4.78, 5) is 1.68. The second kappa shape index (κ2) is 6.49. The molecule has 0 radical (unpaired) electrons. The molecule has 1 saturated heterocycles. The minimum absolute atomic E-state index is 0.0442. The lowest BCUT2D eigenvalue weighted by molar-refractivity contribution is 0.0853. The fourth-order valence-electron chi connectivity index (χ4n) is 1.97. The van der Waals surface area contributed by atoms with Gasteiger partial charge in [0.1, 0.15) is 0 Å². The van der Waals surface area contributed by atoms with E-state index in [1.165, 1.54) is 8.61 Å². The standard InChI is InChI=1S/C10H23N3O4S2/c1-4-6-18(14,15)12-8-11(3)9-13(10-12)19(16,17)7-5-2/h4-10H2,1-3H3. The van der Waals surface area contributed by atoms with Gasteiger partial charge in [-0.25, -0.2) is 16.8 Å². The molecule has 1 fully saturated rings.